The van der Waals surface area contributed by atoms with E-state index in [1.807, 2.05) is 0 Å². The largest absolute Gasteiger partial charge is 0.479 e. The second-order valence-corrected chi connectivity index (χ2v) is 5.17. The molecule has 1 amide bonds. The van der Waals surface area contributed by atoms with Gasteiger partial charge in [-0.05, 0) is 34.1 Å². The summed E-state index contributed by atoms with van der Waals surface area (Å²) in [5.74, 6) is -1.48. The number of amides is 1. The van der Waals surface area contributed by atoms with Gasteiger partial charge in [-0.25, -0.2) is 4.79 Å². The molecule has 0 aliphatic carbocycles. The van der Waals surface area contributed by atoms with Crippen LogP contribution in [0.2, 0.25) is 0 Å². The molecule has 2 N–H and O–H groups in total. The minimum Gasteiger partial charge on any atom is -0.479 e. The summed E-state index contributed by atoms with van der Waals surface area (Å²) in [6, 6.07) is 5.09. The molecule has 1 atom stereocenters. The molecule has 1 aromatic rings. The first-order chi connectivity index (χ1) is 8.45. The number of carboxylic acid groups (broad SMARTS) is 1. The lowest BCUT2D eigenvalue weighted by molar-refractivity contribution is -0.148. The Kier molecular flexibility index (Phi) is 5.77. The van der Waals surface area contributed by atoms with Gasteiger partial charge >= 0.3 is 5.97 Å². The van der Waals surface area contributed by atoms with Gasteiger partial charge in [-0.1, -0.05) is 15.9 Å². The van der Waals surface area contributed by atoms with Crippen LogP contribution in [0, 0.1) is 0 Å². The zero-order valence-corrected chi connectivity index (χ0v) is 12.6. The van der Waals surface area contributed by atoms with E-state index in [9.17, 15) is 9.59 Å². The molecule has 1 unspecified atom stereocenters. The van der Waals surface area contributed by atoms with Crippen molar-refractivity contribution < 1.29 is 19.4 Å². The van der Waals surface area contributed by atoms with E-state index in [-0.39, 0.29) is 12.5 Å². The van der Waals surface area contributed by atoms with Crippen molar-refractivity contribution in [2.45, 2.75) is 6.10 Å². The lowest BCUT2D eigenvalue weighted by Crippen LogP contribution is -2.37. The zero-order chi connectivity index (χ0) is 13.7. The van der Waals surface area contributed by atoms with Gasteiger partial charge in [-0.2, -0.15) is 0 Å². The molecule has 0 aromatic heterocycles. The van der Waals surface area contributed by atoms with Crippen LogP contribution in [-0.2, 0) is 9.53 Å². The molecule has 0 bridgehead atoms. The third kappa shape index (κ3) is 4.08. The minimum absolute atomic E-state index is 0.0901. The van der Waals surface area contributed by atoms with Gasteiger partial charge in [0.1, 0.15) is 0 Å². The summed E-state index contributed by atoms with van der Waals surface area (Å²) in [4.78, 5) is 22.5. The number of hydrogen-bond donors (Lipinski definition) is 2. The van der Waals surface area contributed by atoms with Crippen molar-refractivity contribution in [2.24, 2.45) is 0 Å². The molecule has 5 nitrogen and oxygen atoms in total. The standard InChI is InChI=1S/C11H11Br2NO4/c1-18-9(11(16)17)5-14-10(15)7-3-2-6(12)4-8(7)13/h2-4,9H,5H2,1H3,(H,14,15)(H,16,17). The molecule has 0 aliphatic heterocycles. The highest BCUT2D eigenvalue weighted by atomic mass is 79.9. The number of carboxylic acids is 1. The number of hydrogen-bond acceptors (Lipinski definition) is 3. The highest BCUT2D eigenvalue weighted by Gasteiger charge is 2.18. The van der Waals surface area contributed by atoms with Crippen molar-refractivity contribution in [3.05, 3.63) is 32.7 Å². The fourth-order valence-corrected chi connectivity index (χ4v) is 2.45. The van der Waals surface area contributed by atoms with Gasteiger partial charge in [-0.3, -0.25) is 4.79 Å². The van der Waals surface area contributed by atoms with Gasteiger partial charge in [0.05, 0.1) is 12.1 Å². The first kappa shape index (κ1) is 15.1. The first-order valence-electron chi connectivity index (χ1n) is 4.94. The molecule has 1 rings (SSSR count). The van der Waals surface area contributed by atoms with Crippen molar-refractivity contribution >= 4 is 43.7 Å². The molecular weight excluding hydrogens is 370 g/mol. The molecule has 0 heterocycles. The maximum atomic E-state index is 11.8. The third-order valence-corrected chi connectivity index (χ3v) is 3.33. The van der Waals surface area contributed by atoms with E-state index in [1.54, 1.807) is 18.2 Å². The highest BCUT2D eigenvalue weighted by Crippen LogP contribution is 2.21. The van der Waals surface area contributed by atoms with Crippen LogP contribution in [0.1, 0.15) is 10.4 Å². The quantitative estimate of drug-likeness (QED) is 0.819. The van der Waals surface area contributed by atoms with E-state index in [2.05, 4.69) is 37.2 Å². The minimum atomic E-state index is -1.12. The fourth-order valence-electron chi connectivity index (χ4n) is 1.23. The van der Waals surface area contributed by atoms with E-state index in [1.165, 1.54) is 7.11 Å². The predicted octanol–water partition coefficient (Wildman–Crippen LogP) is 2.04. The normalized spacial score (nSPS) is 11.9. The number of halogens is 2. The summed E-state index contributed by atoms with van der Waals surface area (Å²) in [6.07, 6.45) is -1.05. The van der Waals surface area contributed by atoms with Crippen LogP contribution in [0.3, 0.4) is 0 Å². The maximum Gasteiger partial charge on any atom is 0.334 e. The number of carbonyl (C=O) groups is 2. The molecular formula is C11H11Br2NO4. The molecule has 0 radical (unpaired) electrons. The monoisotopic (exact) mass is 379 g/mol. The lowest BCUT2D eigenvalue weighted by Gasteiger charge is -2.12. The van der Waals surface area contributed by atoms with Crippen molar-refractivity contribution in [2.75, 3.05) is 13.7 Å². The van der Waals surface area contributed by atoms with Gasteiger partial charge in [-0.15, -0.1) is 0 Å². The summed E-state index contributed by atoms with van der Waals surface area (Å²) >= 11 is 6.54. The highest BCUT2D eigenvalue weighted by molar-refractivity contribution is 9.11. The number of methoxy groups -OCH3 is 1. The van der Waals surface area contributed by atoms with E-state index >= 15 is 0 Å². The van der Waals surface area contributed by atoms with Crippen LogP contribution in [-0.4, -0.2) is 36.7 Å². The fraction of sp³-hybridized carbons (Fsp3) is 0.273. The molecule has 18 heavy (non-hydrogen) atoms. The number of benzene rings is 1. The molecule has 0 saturated heterocycles. The first-order valence-corrected chi connectivity index (χ1v) is 6.53. The SMILES string of the molecule is COC(CNC(=O)c1ccc(Br)cc1Br)C(=O)O. The lowest BCUT2D eigenvalue weighted by atomic mass is 10.2. The van der Waals surface area contributed by atoms with Crippen molar-refractivity contribution in [1.29, 1.82) is 0 Å². The Balaban J connectivity index is 2.68. The van der Waals surface area contributed by atoms with Crippen molar-refractivity contribution in [3.8, 4) is 0 Å². The third-order valence-electron chi connectivity index (χ3n) is 2.18. The number of carbonyl (C=O) groups excluding carboxylic acids is 1. The Bertz CT molecular complexity index is 464. The number of aliphatic carboxylic acids is 1. The van der Waals surface area contributed by atoms with Crippen LogP contribution in [0.25, 0.3) is 0 Å². The summed E-state index contributed by atoms with van der Waals surface area (Å²) < 4.78 is 6.18. The van der Waals surface area contributed by atoms with E-state index in [0.717, 1.165) is 4.47 Å². The van der Waals surface area contributed by atoms with Crippen LogP contribution in [0.15, 0.2) is 27.1 Å². The Morgan fingerprint density at radius 2 is 2.11 bits per heavy atom. The van der Waals surface area contributed by atoms with Gasteiger partial charge in [0.25, 0.3) is 5.91 Å². The van der Waals surface area contributed by atoms with Crippen molar-refractivity contribution in [1.82, 2.24) is 5.32 Å². The molecule has 7 heteroatoms. The second-order valence-electron chi connectivity index (χ2n) is 3.40. The maximum absolute atomic E-state index is 11.8. The van der Waals surface area contributed by atoms with Crippen LogP contribution in [0.4, 0.5) is 0 Å². The van der Waals surface area contributed by atoms with E-state index in [0.29, 0.717) is 10.0 Å². The van der Waals surface area contributed by atoms with Crippen LogP contribution >= 0.6 is 31.9 Å². The number of ether oxygens (including phenoxy) is 1. The van der Waals surface area contributed by atoms with E-state index < -0.39 is 12.1 Å². The molecule has 0 spiro atoms. The second kappa shape index (κ2) is 6.86. The molecule has 1 aromatic carbocycles. The number of nitrogens with one attached hydrogen (secondary N) is 1. The summed E-state index contributed by atoms with van der Waals surface area (Å²) in [6.45, 7) is -0.0901. The average molecular weight is 381 g/mol. The Labute approximate surface area is 121 Å². The van der Waals surface area contributed by atoms with Crippen LogP contribution in [0.5, 0.6) is 0 Å². The van der Waals surface area contributed by atoms with Crippen molar-refractivity contribution in [3.63, 3.8) is 0 Å². The smallest absolute Gasteiger partial charge is 0.334 e. The van der Waals surface area contributed by atoms with Gasteiger partial charge in [0, 0.05) is 16.1 Å². The van der Waals surface area contributed by atoms with Gasteiger partial charge in [0.2, 0.25) is 0 Å². The molecule has 0 saturated carbocycles. The van der Waals surface area contributed by atoms with Gasteiger partial charge in [0.15, 0.2) is 6.10 Å². The van der Waals surface area contributed by atoms with Crippen LogP contribution < -0.4 is 5.32 Å². The van der Waals surface area contributed by atoms with Gasteiger partial charge < -0.3 is 15.2 Å². The molecule has 98 valence electrons. The number of rotatable bonds is 5. The average Bonchev–Trinajstić information content (AvgIpc) is 2.28. The molecule has 0 aliphatic rings. The Morgan fingerprint density at radius 3 is 2.61 bits per heavy atom. The molecule has 0 fully saturated rings. The Hall–Kier alpha value is -0.920. The zero-order valence-electron chi connectivity index (χ0n) is 9.44. The predicted molar refractivity (Wildman–Crippen MR) is 72.6 cm³/mol. The summed E-state index contributed by atoms with van der Waals surface area (Å²) in [7, 11) is 1.28. The summed E-state index contributed by atoms with van der Waals surface area (Å²) in [5.41, 5.74) is 0.429. The van der Waals surface area contributed by atoms with E-state index in [4.69, 9.17) is 9.84 Å². The Morgan fingerprint density at radius 1 is 1.44 bits per heavy atom. The summed E-state index contributed by atoms with van der Waals surface area (Å²) in [5, 5.41) is 11.3. The topological polar surface area (TPSA) is 75.6 Å².